The van der Waals surface area contributed by atoms with Crippen molar-refractivity contribution in [2.75, 3.05) is 6.54 Å². The van der Waals surface area contributed by atoms with Crippen LogP contribution in [0.25, 0.3) is 0 Å². The summed E-state index contributed by atoms with van der Waals surface area (Å²) in [7, 11) is 1.95. The topological polar surface area (TPSA) is 60.6 Å². The molecule has 21 heavy (non-hydrogen) atoms. The Bertz CT molecular complexity index is 542. The first-order valence-corrected chi connectivity index (χ1v) is 7.69. The van der Waals surface area contributed by atoms with Crippen LogP contribution >= 0.6 is 0 Å². The molecule has 1 atom stereocenters. The Kier molecular flexibility index (Phi) is 5.50. The monoisotopic (exact) mass is 290 g/mol. The molecule has 0 radical (unpaired) electrons. The maximum absolute atomic E-state index is 4.53. The number of nitrogens with zero attached hydrogens (tertiary/aromatic N) is 5. The fraction of sp³-hybridized carbons (Fsp3) is 0.667. The summed E-state index contributed by atoms with van der Waals surface area (Å²) in [4.78, 5) is 4.43. The highest BCUT2D eigenvalue weighted by Crippen LogP contribution is 2.16. The van der Waals surface area contributed by atoms with Crippen LogP contribution in [0.2, 0.25) is 0 Å². The molecule has 0 aliphatic carbocycles. The number of rotatable bonds is 8. The van der Waals surface area contributed by atoms with Gasteiger partial charge in [-0.2, -0.15) is 10.2 Å². The van der Waals surface area contributed by atoms with E-state index in [1.165, 1.54) is 0 Å². The van der Waals surface area contributed by atoms with Gasteiger partial charge in [-0.25, -0.2) is 9.67 Å². The molecule has 2 rings (SSSR count). The van der Waals surface area contributed by atoms with E-state index in [1.54, 1.807) is 6.33 Å². The SMILES string of the molecule is CCCNC(Cc1ncnn1CC(C)C)c1ccn(C)n1. The van der Waals surface area contributed by atoms with Crippen LogP contribution in [0, 0.1) is 5.92 Å². The van der Waals surface area contributed by atoms with Gasteiger partial charge in [0.15, 0.2) is 0 Å². The Morgan fingerprint density at radius 3 is 2.76 bits per heavy atom. The Hall–Kier alpha value is -1.69. The van der Waals surface area contributed by atoms with E-state index in [0.29, 0.717) is 5.92 Å². The van der Waals surface area contributed by atoms with Crippen molar-refractivity contribution in [3.8, 4) is 0 Å². The minimum atomic E-state index is 0.182. The second-order valence-electron chi connectivity index (χ2n) is 5.88. The number of hydrogen-bond donors (Lipinski definition) is 1. The van der Waals surface area contributed by atoms with E-state index in [1.807, 2.05) is 22.6 Å². The molecule has 0 fully saturated rings. The smallest absolute Gasteiger partial charge is 0.138 e. The quantitative estimate of drug-likeness (QED) is 0.807. The molecule has 0 bridgehead atoms. The summed E-state index contributed by atoms with van der Waals surface area (Å²) in [6.45, 7) is 8.43. The van der Waals surface area contributed by atoms with Crippen molar-refractivity contribution in [3.63, 3.8) is 0 Å². The van der Waals surface area contributed by atoms with Crippen LogP contribution < -0.4 is 5.32 Å². The third-order valence-corrected chi connectivity index (χ3v) is 3.35. The maximum atomic E-state index is 4.53. The van der Waals surface area contributed by atoms with Crippen molar-refractivity contribution in [2.45, 2.75) is 46.2 Å². The molecule has 0 aliphatic heterocycles. The van der Waals surface area contributed by atoms with Crippen LogP contribution in [-0.2, 0) is 20.0 Å². The van der Waals surface area contributed by atoms with E-state index in [9.17, 15) is 0 Å². The largest absolute Gasteiger partial charge is 0.308 e. The highest BCUT2D eigenvalue weighted by atomic mass is 15.3. The molecule has 0 saturated heterocycles. The molecule has 1 N–H and O–H groups in total. The molecule has 2 aromatic heterocycles. The van der Waals surface area contributed by atoms with Crippen LogP contribution in [0.5, 0.6) is 0 Å². The minimum absolute atomic E-state index is 0.182. The lowest BCUT2D eigenvalue weighted by Crippen LogP contribution is -2.26. The average molecular weight is 290 g/mol. The summed E-state index contributed by atoms with van der Waals surface area (Å²) in [5.41, 5.74) is 1.06. The molecule has 1 unspecified atom stereocenters. The Balaban J connectivity index is 2.13. The van der Waals surface area contributed by atoms with Crippen molar-refractivity contribution in [1.29, 1.82) is 0 Å². The summed E-state index contributed by atoms with van der Waals surface area (Å²) >= 11 is 0. The summed E-state index contributed by atoms with van der Waals surface area (Å²) in [6, 6.07) is 2.25. The van der Waals surface area contributed by atoms with Crippen LogP contribution in [0.1, 0.15) is 44.8 Å². The number of aromatic nitrogens is 5. The molecule has 2 aromatic rings. The lowest BCUT2D eigenvalue weighted by Gasteiger charge is -2.17. The van der Waals surface area contributed by atoms with Gasteiger partial charge in [-0.15, -0.1) is 0 Å². The first-order chi connectivity index (χ1) is 10.1. The summed E-state index contributed by atoms with van der Waals surface area (Å²) in [6.07, 6.45) is 5.54. The molecule has 2 heterocycles. The van der Waals surface area contributed by atoms with Crippen LogP contribution in [0.4, 0.5) is 0 Å². The van der Waals surface area contributed by atoms with E-state index in [4.69, 9.17) is 0 Å². The fourth-order valence-corrected chi connectivity index (χ4v) is 2.35. The van der Waals surface area contributed by atoms with Gasteiger partial charge < -0.3 is 5.32 Å². The Morgan fingerprint density at radius 2 is 2.14 bits per heavy atom. The third-order valence-electron chi connectivity index (χ3n) is 3.35. The average Bonchev–Trinajstić information content (AvgIpc) is 3.03. The van der Waals surface area contributed by atoms with Gasteiger partial charge in [0.2, 0.25) is 0 Å². The second kappa shape index (κ2) is 7.36. The van der Waals surface area contributed by atoms with Crippen molar-refractivity contribution in [1.82, 2.24) is 29.9 Å². The van der Waals surface area contributed by atoms with Crippen molar-refractivity contribution in [3.05, 3.63) is 30.1 Å². The molecular formula is C15H26N6. The third kappa shape index (κ3) is 4.39. The molecule has 6 heteroatoms. The molecule has 0 spiro atoms. The lowest BCUT2D eigenvalue weighted by molar-refractivity contribution is 0.439. The van der Waals surface area contributed by atoms with Gasteiger partial charge in [-0.3, -0.25) is 4.68 Å². The fourth-order valence-electron chi connectivity index (χ4n) is 2.35. The van der Waals surface area contributed by atoms with Crippen molar-refractivity contribution in [2.24, 2.45) is 13.0 Å². The van der Waals surface area contributed by atoms with E-state index in [-0.39, 0.29) is 6.04 Å². The molecule has 0 saturated carbocycles. The standard InChI is InChI=1S/C15H26N6/c1-5-7-16-14(13-6-8-20(4)19-13)9-15-17-11-18-21(15)10-12(2)3/h6,8,11-12,14,16H,5,7,9-10H2,1-4H3. The maximum Gasteiger partial charge on any atom is 0.138 e. The number of hydrogen-bond acceptors (Lipinski definition) is 4. The molecule has 0 aromatic carbocycles. The Labute approximate surface area is 126 Å². The zero-order valence-electron chi connectivity index (χ0n) is 13.5. The lowest BCUT2D eigenvalue weighted by atomic mass is 10.1. The molecule has 0 amide bonds. The highest BCUT2D eigenvalue weighted by Gasteiger charge is 2.18. The van der Waals surface area contributed by atoms with Gasteiger partial charge in [-0.05, 0) is 24.9 Å². The van der Waals surface area contributed by atoms with Gasteiger partial charge >= 0.3 is 0 Å². The molecule has 116 valence electrons. The van der Waals surface area contributed by atoms with Gasteiger partial charge in [0.1, 0.15) is 12.2 Å². The van der Waals surface area contributed by atoms with Crippen LogP contribution in [0.3, 0.4) is 0 Å². The number of aryl methyl sites for hydroxylation is 1. The normalized spacial score (nSPS) is 13.0. The van der Waals surface area contributed by atoms with E-state index in [0.717, 1.165) is 37.4 Å². The first-order valence-electron chi connectivity index (χ1n) is 7.69. The zero-order chi connectivity index (χ0) is 15.2. The Morgan fingerprint density at radius 1 is 1.33 bits per heavy atom. The van der Waals surface area contributed by atoms with E-state index >= 15 is 0 Å². The van der Waals surface area contributed by atoms with E-state index < -0.39 is 0 Å². The van der Waals surface area contributed by atoms with Crippen LogP contribution in [-0.4, -0.2) is 31.1 Å². The first kappa shape index (κ1) is 15.7. The summed E-state index contributed by atoms with van der Waals surface area (Å²) in [5.74, 6) is 1.57. The van der Waals surface area contributed by atoms with Crippen molar-refractivity contribution >= 4 is 0 Å². The molecule has 0 aliphatic rings. The highest BCUT2D eigenvalue weighted by molar-refractivity contribution is 5.08. The van der Waals surface area contributed by atoms with Crippen molar-refractivity contribution < 1.29 is 0 Å². The summed E-state index contributed by atoms with van der Waals surface area (Å²) in [5, 5.41) is 12.4. The van der Waals surface area contributed by atoms with Gasteiger partial charge in [0.05, 0.1) is 11.7 Å². The second-order valence-corrected chi connectivity index (χ2v) is 5.88. The zero-order valence-corrected chi connectivity index (χ0v) is 13.5. The molecule has 6 nitrogen and oxygen atoms in total. The summed E-state index contributed by atoms with van der Waals surface area (Å²) < 4.78 is 3.85. The van der Waals surface area contributed by atoms with E-state index in [2.05, 4.69) is 47.3 Å². The van der Waals surface area contributed by atoms with Crippen LogP contribution in [0.15, 0.2) is 18.6 Å². The number of nitrogens with one attached hydrogen (secondary N) is 1. The predicted octanol–water partition coefficient (Wildman–Crippen LogP) is 1.95. The molecular weight excluding hydrogens is 264 g/mol. The predicted molar refractivity (Wildman–Crippen MR) is 82.8 cm³/mol. The van der Waals surface area contributed by atoms with Gasteiger partial charge in [0, 0.05) is 26.2 Å². The van der Waals surface area contributed by atoms with Gasteiger partial charge in [-0.1, -0.05) is 20.8 Å². The van der Waals surface area contributed by atoms with Gasteiger partial charge in [0.25, 0.3) is 0 Å². The minimum Gasteiger partial charge on any atom is -0.308 e.